The Kier molecular flexibility index (Phi) is 5.82. The molecule has 0 saturated heterocycles. The van der Waals surface area contributed by atoms with Gasteiger partial charge in [0.05, 0.1) is 13.2 Å². The van der Waals surface area contributed by atoms with Crippen LogP contribution in [0.15, 0.2) is 17.5 Å². The van der Waals surface area contributed by atoms with Gasteiger partial charge in [0.25, 0.3) is 0 Å². The zero-order chi connectivity index (χ0) is 13.5. The summed E-state index contributed by atoms with van der Waals surface area (Å²) >= 11 is 1.79. The second-order valence-electron chi connectivity index (χ2n) is 4.64. The van der Waals surface area contributed by atoms with E-state index in [9.17, 15) is 4.79 Å². The van der Waals surface area contributed by atoms with Gasteiger partial charge in [-0.15, -0.1) is 11.3 Å². The van der Waals surface area contributed by atoms with Crippen molar-refractivity contribution in [2.75, 3.05) is 26.4 Å². The molecule has 0 spiro atoms. The van der Waals surface area contributed by atoms with Crippen LogP contribution in [0.2, 0.25) is 0 Å². The molecular weight excluding hydrogens is 262 g/mol. The van der Waals surface area contributed by atoms with Crippen molar-refractivity contribution in [2.45, 2.75) is 32.4 Å². The number of thiophene rings is 1. The number of carbonyl (C=O) groups is 1. The van der Waals surface area contributed by atoms with E-state index in [1.807, 2.05) is 0 Å². The van der Waals surface area contributed by atoms with Crippen LogP contribution in [0.5, 0.6) is 0 Å². The minimum absolute atomic E-state index is 0.0609. The third kappa shape index (κ3) is 5.30. The molecule has 106 valence electrons. The first-order valence-corrected chi connectivity index (χ1v) is 7.67. The van der Waals surface area contributed by atoms with Gasteiger partial charge in [-0.3, -0.25) is 4.90 Å². The fraction of sp³-hybridized carbons (Fsp3) is 0.643. The second kappa shape index (κ2) is 7.62. The van der Waals surface area contributed by atoms with Crippen molar-refractivity contribution in [1.82, 2.24) is 4.90 Å². The highest BCUT2D eigenvalue weighted by molar-refractivity contribution is 7.09. The molecular formula is C14H21NO3S. The molecule has 2 rings (SSSR count). The van der Waals surface area contributed by atoms with Crippen LogP contribution in [-0.4, -0.2) is 43.3 Å². The maximum Gasteiger partial charge on any atom is 0.332 e. The van der Waals surface area contributed by atoms with Crippen LogP contribution in [0.3, 0.4) is 0 Å². The summed E-state index contributed by atoms with van der Waals surface area (Å²) in [6.07, 6.45) is 2.56. The molecule has 1 fully saturated rings. The Hall–Kier alpha value is -0.910. The highest BCUT2D eigenvalue weighted by atomic mass is 32.1. The summed E-state index contributed by atoms with van der Waals surface area (Å²) in [5.41, 5.74) is 0. The molecule has 0 aromatic carbocycles. The topological polar surface area (TPSA) is 38.8 Å². The summed E-state index contributed by atoms with van der Waals surface area (Å²) < 4.78 is 10.2. The average molecular weight is 283 g/mol. The van der Waals surface area contributed by atoms with Gasteiger partial charge >= 0.3 is 5.97 Å². The summed E-state index contributed by atoms with van der Waals surface area (Å²) in [7, 11) is 0. The number of esters is 1. The summed E-state index contributed by atoms with van der Waals surface area (Å²) in [5.74, 6) is -0.279. The van der Waals surface area contributed by atoms with Gasteiger partial charge in [-0.1, -0.05) is 6.07 Å². The number of nitrogens with zero attached hydrogens (tertiary/aromatic N) is 1. The van der Waals surface area contributed by atoms with Gasteiger partial charge in [-0.05, 0) is 31.2 Å². The van der Waals surface area contributed by atoms with Crippen molar-refractivity contribution in [1.29, 1.82) is 0 Å². The summed E-state index contributed by atoms with van der Waals surface area (Å²) in [6.45, 7) is 4.72. The molecule has 1 heterocycles. The van der Waals surface area contributed by atoms with Crippen LogP contribution in [0.4, 0.5) is 0 Å². The molecule has 4 nitrogen and oxygen atoms in total. The van der Waals surface area contributed by atoms with E-state index in [0.717, 1.165) is 13.1 Å². The van der Waals surface area contributed by atoms with Gasteiger partial charge in [0.2, 0.25) is 0 Å². The molecule has 19 heavy (non-hydrogen) atoms. The first-order valence-electron chi connectivity index (χ1n) is 6.79. The van der Waals surface area contributed by atoms with E-state index in [1.165, 1.54) is 17.7 Å². The lowest BCUT2D eigenvalue weighted by Crippen LogP contribution is -2.29. The van der Waals surface area contributed by atoms with Gasteiger partial charge in [0, 0.05) is 24.0 Å². The Morgan fingerprint density at radius 2 is 2.37 bits per heavy atom. The molecule has 0 aliphatic heterocycles. The monoisotopic (exact) mass is 283 g/mol. The van der Waals surface area contributed by atoms with Gasteiger partial charge in [-0.2, -0.15) is 0 Å². The van der Waals surface area contributed by atoms with E-state index in [4.69, 9.17) is 9.47 Å². The van der Waals surface area contributed by atoms with Gasteiger partial charge in [0.1, 0.15) is 6.61 Å². The van der Waals surface area contributed by atoms with Crippen LogP contribution >= 0.6 is 11.3 Å². The predicted molar refractivity (Wildman–Crippen MR) is 75.2 cm³/mol. The van der Waals surface area contributed by atoms with E-state index in [2.05, 4.69) is 22.4 Å². The molecule has 0 bridgehead atoms. The normalized spacial score (nSPS) is 14.8. The minimum Gasteiger partial charge on any atom is -0.464 e. The number of hydrogen-bond acceptors (Lipinski definition) is 5. The zero-order valence-electron chi connectivity index (χ0n) is 11.3. The van der Waals surface area contributed by atoms with Crippen LogP contribution in [0.1, 0.15) is 24.6 Å². The number of rotatable bonds is 9. The fourth-order valence-corrected chi connectivity index (χ4v) is 2.70. The van der Waals surface area contributed by atoms with Crippen LogP contribution < -0.4 is 0 Å². The zero-order valence-corrected chi connectivity index (χ0v) is 12.2. The average Bonchev–Trinajstić information content (AvgIpc) is 3.12. The fourth-order valence-electron chi connectivity index (χ4n) is 1.97. The smallest absolute Gasteiger partial charge is 0.332 e. The first-order chi connectivity index (χ1) is 9.29. The largest absolute Gasteiger partial charge is 0.464 e. The number of ether oxygens (including phenoxy) is 2. The molecule has 0 unspecified atom stereocenters. The van der Waals surface area contributed by atoms with Crippen molar-refractivity contribution in [3.8, 4) is 0 Å². The Labute approximate surface area is 118 Å². The molecule has 0 atom stereocenters. The highest BCUT2D eigenvalue weighted by Crippen LogP contribution is 2.28. The highest BCUT2D eigenvalue weighted by Gasteiger charge is 2.28. The standard InChI is InChI=1S/C14H21NO3S/c1-2-18-14(16)11-17-8-7-15(12-5-6-12)10-13-4-3-9-19-13/h3-4,9,12H,2,5-8,10-11H2,1H3. The summed E-state index contributed by atoms with van der Waals surface area (Å²) in [4.78, 5) is 15.0. The van der Waals surface area contributed by atoms with E-state index in [1.54, 1.807) is 18.3 Å². The molecule has 1 aliphatic rings. The van der Waals surface area contributed by atoms with Crippen LogP contribution in [0.25, 0.3) is 0 Å². The SMILES string of the molecule is CCOC(=O)COCCN(Cc1cccs1)C1CC1. The minimum atomic E-state index is -0.279. The van der Waals surface area contributed by atoms with Crippen molar-refractivity contribution in [3.63, 3.8) is 0 Å². The van der Waals surface area contributed by atoms with Gasteiger partial charge in [-0.25, -0.2) is 4.79 Å². The van der Waals surface area contributed by atoms with E-state index in [-0.39, 0.29) is 12.6 Å². The van der Waals surface area contributed by atoms with Crippen LogP contribution in [-0.2, 0) is 20.8 Å². The Morgan fingerprint density at radius 1 is 1.53 bits per heavy atom. The quantitative estimate of drug-likeness (QED) is 0.515. The van der Waals surface area contributed by atoms with Gasteiger partial charge < -0.3 is 9.47 Å². The second-order valence-corrected chi connectivity index (χ2v) is 5.67. The van der Waals surface area contributed by atoms with Crippen molar-refractivity contribution < 1.29 is 14.3 Å². The maximum absolute atomic E-state index is 11.1. The molecule has 1 aromatic heterocycles. The third-order valence-corrected chi connectivity index (χ3v) is 3.91. The van der Waals surface area contributed by atoms with Crippen LogP contribution in [0, 0.1) is 0 Å². The van der Waals surface area contributed by atoms with Crippen molar-refractivity contribution in [3.05, 3.63) is 22.4 Å². The van der Waals surface area contributed by atoms with Crippen molar-refractivity contribution in [2.24, 2.45) is 0 Å². The van der Waals surface area contributed by atoms with E-state index in [0.29, 0.717) is 19.3 Å². The Bertz CT molecular complexity index is 376. The predicted octanol–water partition coefficient (Wildman–Crippen LogP) is 2.29. The lowest BCUT2D eigenvalue weighted by molar-refractivity contribution is -0.148. The molecule has 5 heteroatoms. The third-order valence-electron chi connectivity index (χ3n) is 3.05. The number of carbonyl (C=O) groups excluding carboxylic acids is 1. The molecule has 1 aromatic rings. The molecule has 0 radical (unpaired) electrons. The number of hydrogen-bond donors (Lipinski definition) is 0. The van der Waals surface area contributed by atoms with Crippen molar-refractivity contribution >= 4 is 17.3 Å². The molecule has 1 aliphatic carbocycles. The lowest BCUT2D eigenvalue weighted by Gasteiger charge is -2.20. The first kappa shape index (κ1) is 14.5. The molecule has 1 saturated carbocycles. The van der Waals surface area contributed by atoms with E-state index >= 15 is 0 Å². The van der Waals surface area contributed by atoms with E-state index < -0.39 is 0 Å². The molecule has 0 N–H and O–H groups in total. The molecule has 0 amide bonds. The summed E-state index contributed by atoms with van der Waals surface area (Å²) in [5, 5.41) is 2.11. The Morgan fingerprint density at radius 3 is 3.00 bits per heavy atom. The Balaban J connectivity index is 1.65. The van der Waals surface area contributed by atoms with Gasteiger partial charge in [0.15, 0.2) is 0 Å². The lowest BCUT2D eigenvalue weighted by atomic mass is 10.4. The summed E-state index contributed by atoms with van der Waals surface area (Å²) in [6, 6.07) is 4.95. The maximum atomic E-state index is 11.1.